The van der Waals surface area contributed by atoms with E-state index in [4.69, 9.17) is 9.47 Å². The minimum atomic E-state index is -0.758. The van der Waals surface area contributed by atoms with Crippen LogP contribution in [0.4, 0.5) is 0 Å². The average Bonchev–Trinajstić information content (AvgIpc) is 3.91. The summed E-state index contributed by atoms with van der Waals surface area (Å²) in [6, 6.07) is 6.85. The molecule has 1 N–H and O–H groups in total. The molecule has 1 aromatic heterocycles. The molecule has 2 heterocycles. The molecule has 3 rings (SSSR count). The summed E-state index contributed by atoms with van der Waals surface area (Å²) in [5.41, 5.74) is 2.09. The first kappa shape index (κ1) is 49.8. The van der Waals surface area contributed by atoms with Gasteiger partial charge in [-0.3, -0.25) is 28.9 Å². The van der Waals surface area contributed by atoms with Gasteiger partial charge in [0, 0.05) is 70.6 Å². The number of carbonyl (C=O) groups excluding carboxylic acids is 5. The number of likely N-dealkylation sites (tertiary alicyclic amines) is 1. The molecular formula is C46H73N5O7S. The van der Waals surface area contributed by atoms with Crippen molar-refractivity contribution in [1.29, 1.82) is 0 Å². The molecule has 1 aromatic carbocycles. The highest BCUT2D eigenvalue weighted by atomic mass is 32.1. The van der Waals surface area contributed by atoms with Gasteiger partial charge in [0.1, 0.15) is 10.8 Å². The molecule has 0 aliphatic carbocycles. The van der Waals surface area contributed by atoms with E-state index in [1.807, 2.05) is 89.7 Å². The summed E-state index contributed by atoms with van der Waals surface area (Å²) in [6.07, 6.45) is 2.71. The summed E-state index contributed by atoms with van der Waals surface area (Å²) in [6.45, 7) is 16.8. The third-order valence-corrected chi connectivity index (χ3v) is 13.4. The Balaban J connectivity index is 1.78. The molecule has 13 heteroatoms. The fourth-order valence-electron chi connectivity index (χ4n) is 8.91. The van der Waals surface area contributed by atoms with Gasteiger partial charge in [0.15, 0.2) is 5.78 Å². The lowest BCUT2D eigenvalue weighted by Gasteiger charge is -2.41. The number of nitrogens with zero attached hydrogens (tertiary/aromatic N) is 4. The van der Waals surface area contributed by atoms with Gasteiger partial charge in [0.05, 0.1) is 42.7 Å². The number of ether oxygens (including phenoxy) is 2. The van der Waals surface area contributed by atoms with Crippen LogP contribution in [-0.4, -0.2) is 121 Å². The summed E-state index contributed by atoms with van der Waals surface area (Å²) < 4.78 is 12.1. The molecule has 0 bridgehead atoms. The molecule has 1 fully saturated rings. The molecule has 0 unspecified atom stereocenters. The van der Waals surface area contributed by atoms with Crippen molar-refractivity contribution in [3.8, 4) is 0 Å². The maximum Gasteiger partial charge on any atom is 0.230 e. The quantitative estimate of drug-likeness (QED) is 0.125. The minimum Gasteiger partial charge on any atom is -0.379 e. The number of aryl methyl sites for hydroxylation is 1. The SMILES string of the molecule is CC[C@H](C)[C@@H]([C@@H](CC(=O)N1CCC[C@H]1[C@H](OC)[C@@H](C)C(=O)C[C@H](C(=O)NCc1ccc(C)cc1)c1nccs1)OC)N(C)C(=O)[C@@H](CC(=O)[C@H](C(C)C)N(C)C)C(C)C. The first-order chi connectivity index (χ1) is 27.9. The van der Waals surface area contributed by atoms with Crippen LogP contribution in [-0.2, 0) is 40.0 Å². The Morgan fingerprint density at radius 1 is 0.915 bits per heavy atom. The lowest BCUT2D eigenvalue weighted by molar-refractivity contribution is -0.149. The van der Waals surface area contributed by atoms with Crippen molar-refractivity contribution in [1.82, 2.24) is 25.0 Å². The normalized spacial score (nSPS) is 18.6. The van der Waals surface area contributed by atoms with Crippen LogP contribution >= 0.6 is 11.3 Å². The Kier molecular flexibility index (Phi) is 19.8. The second-order valence-electron chi connectivity index (χ2n) is 17.6. The van der Waals surface area contributed by atoms with Crippen LogP contribution in [0.25, 0.3) is 0 Å². The zero-order valence-corrected chi connectivity index (χ0v) is 38.8. The van der Waals surface area contributed by atoms with Crippen molar-refractivity contribution in [3.63, 3.8) is 0 Å². The number of Topliss-reactive ketones (excluding diaryl/α,β-unsaturated/α-hetero) is 2. The standard InChI is InChI=1S/C46H73N5O7S/c1-14-31(7)42(50(11)46(56)34(28(2)3)24-38(53)41(29(4)5)49(9)10)39(57-12)26-40(54)51-22-15-16-36(51)43(58-13)32(8)37(52)25-35(45-47-21-23-59-45)44(55)48-27-33-19-17-30(6)18-20-33/h17-21,23,28-29,31-32,34-36,39,41-43H,14-16,22,24-27H2,1-13H3,(H,48,55)/t31-,32-,34-,35+,36-,39+,41-,42-,43+/m0/s1. The van der Waals surface area contributed by atoms with Crippen molar-refractivity contribution in [2.45, 2.75) is 137 Å². The molecule has 3 amide bonds. The summed E-state index contributed by atoms with van der Waals surface area (Å²) in [7, 11) is 8.71. The predicted octanol–water partition coefficient (Wildman–Crippen LogP) is 6.55. The zero-order chi connectivity index (χ0) is 44.1. The van der Waals surface area contributed by atoms with Gasteiger partial charge in [-0.05, 0) is 57.2 Å². The third kappa shape index (κ3) is 13.2. The van der Waals surface area contributed by atoms with Crippen molar-refractivity contribution in [3.05, 3.63) is 52.0 Å². The van der Waals surface area contributed by atoms with Crippen LogP contribution in [0, 0.1) is 36.5 Å². The van der Waals surface area contributed by atoms with Crippen LogP contribution < -0.4 is 5.32 Å². The van der Waals surface area contributed by atoms with Gasteiger partial charge in [-0.1, -0.05) is 84.7 Å². The molecule has 1 aliphatic heterocycles. The maximum atomic E-state index is 14.4. The van der Waals surface area contributed by atoms with E-state index in [9.17, 15) is 24.0 Å². The summed E-state index contributed by atoms with van der Waals surface area (Å²) in [5.74, 6) is -2.49. The van der Waals surface area contributed by atoms with Crippen LogP contribution in [0.3, 0.4) is 0 Å². The van der Waals surface area contributed by atoms with E-state index in [1.54, 1.807) is 37.7 Å². The maximum absolute atomic E-state index is 14.4. The monoisotopic (exact) mass is 840 g/mol. The number of nitrogens with one attached hydrogen (secondary N) is 1. The van der Waals surface area contributed by atoms with E-state index in [2.05, 4.69) is 24.1 Å². The number of hydrogen-bond donors (Lipinski definition) is 1. The number of thiazole rings is 1. The van der Waals surface area contributed by atoms with E-state index in [-0.39, 0.29) is 78.4 Å². The molecule has 1 saturated heterocycles. The Hall–Kier alpha value is -3.52. The number of carbonyl (C=O) groups is 5. The predicted molar refractivity (Wildman–Crippen MR) is 234 cm³/mol. The molecular weight excluding hydrogens is 767 g/mol. The van der Waals surface area contributed by atoms with Crippen molar-refractivity contribution in [2.24, 2.45) is 29.6 Å². The molecule has 2 aromatic rings. The molecule has 59 heavy (non-hydrogen) atoms. The number of amides is 3. The fourth-order valence-corrected chi connectivity index (χ4v) is 9.65. The van der Waals surface area contributed by atoms with E-state index >= 15 is 0 Å². The van der Waals surface area contributed by atoms with Gasteiger partial charge in [-0.15, -0.1) is 11.3 Å². The van der Waals surface area contributed by atoms with Gasteiger partial charge in [-0.2, -0.15) is 0 Å². The van der Waals surface area contributed by atoms with E-state index < -0.39 is 36.0 Å². The number of methoxy groups -OCH3 is 2. The smallest absolute Gasteiger partial charge is 0.230 e. The van der Waals surface area contributed by atoms with E-state index in [1.165, 1.54) is 11.3 Å². The van der Waals surface area contributed by atoms with Gasteiger partial charge >= 0.3 is 0 Å². The minimum absolute atomic E-state index is 0.00554. The van der Waals surface area contributed by atoms with Crippen LogP contribution in [0.15, 0.2) is 35.8 Å². The van der Waals surface area contributed by atoms with Gasteiger partial charge < -0.3 is 24.6 Å². The number of hydrogen-bond acceptors (Lipinski definition) is 10. The van der Waals surface area contributed by atoms with Crippen molar-refractivity contribution < 1.29 is 33.4 Å². The Morgan fingerprint density at radius 3 is 2.10 bits per heavy atom. The number of aromatic nitrogens is 1. The molecule has 9 atom stereocenters. The highest BCUT2D eigenvalue weighted by Gasteiger charge is 2.43. The number of likely N-dealkylation sites (N-methyl/N-ethyl adjacent to an activating group) is 2. The Labute approximate surface area is 358 Å². The summed E-state index contributed by atoms with van der Waals surface area (Å²) in [4.78, 5) is 79.8. The molecule has 0 spiro atoms. The second kappa shape index (κ2) is 23.5. The molecule has 330 valence electrons. The van der Waals surface area contributed by atoms with Gasteiger partial charge in [0.25, 0.3) is 0 Å². The second-order valence-corrected chi connectivity index (χ2v) is 18.5. The van der Waals surface area contributed by atoms with Crippen molar-refractivity contribution >= 4 is 40.6 Å². The number of benzene rings is 1. The summed E-state index contributed by atoms with van der Waals surface area (Å²) >= 11 is 1.34. The Bertz CT molecular complexity index is 1640. The lowest BCUT2D eigenvalue weighted by atomic mass is 9.83. The number of rotatable bonds is 24. The van der Waals surface area contributed by atoms with Gasteiger partial charge in [-0.25, -0.2) is 4.98 Å². The van der Waals surface area contributed by atoms with Crippen molar-refractivity contribution in [2.75, 3.05) is 41.9 Å². The molecule has 0 saturated carbocycles. The highest BCUT2D eigenvalue weighted by Crippen LogP contribution is 2.33. The van der Waals surface area contributed by atoms with E-state index in [0.717, 1.165) is 24.0 Å². The fraction of sp³-hybridized carbons (Fsp3) is 0.696. The topological polar surface area (TPSA) is 138 Å². The largest absolute Gasteiger partial charge is 0.379 e. The molecule has 0 radical (unpaired) electrons. The lowest BCUT2D eigenvalue weighted by Crippen LogP contribution is -2.54. The molecule has 12 nitrogen and oxygen atoms in total. The van der Waals surface area contributed by atoms with E-state index in [0.29, 0.717) is 24.5 Å². The first-order valence-electron chi connectivity index (χ1n) is 21.4. The molecule has 1 aliphatic rings. The number of ketones is 2. The highest BCUT2D eigenvalue weighted by molar-refractivity contribution is 7.09. The summed E-state index contributed by atoms with van der Waals surface area (Å²) in [5, 5.41) is 5.37. The van der Waals surface area contributed by atoms with Crippen LogP contribution in [0.5, 0.6) is 0 Å². The first-order valence-corrected chi connectivity index (χ1v) is 22.3. The van der Waals surface area contributed by atoms with Crippen LogP contribution in [0.1, 0.15) is 109 Å². The average molecular weight is 840 g/mol. The third-order valence-electron chi connectivity index (χ3n) is 12.5. The Morgan fingerprint density at radius 2 is 1.58 bits per heavy atom. The van der Waals surface area contributed by atoms with Crippen LogP contribution in [0.2, 0.25) is 0 Å². The zero-order valence-electron chi connectivity index (χ0n) is 38.0. The van der Waals surface area contributed by atoms with Gasteiger partial charge in [0.2, 0.25) is 17.7 Å².